The summed E-state index contributed by atoms with van der Waals surface area (Å²) in [6.07, 6.45) is 3.41. The highest BCUT2D eigenvalue weighted by atomic mass is 79.9. The first-order chi connectivity index (χ1) is 8.16. The summed E-state index contributed by atoms with van der Waals surface area (Å²) in [5.74, 6) is 0. The fraction of sp³-hybridized carbons (Fsp3) is 0.154. The molecule has 2 aromatic rings. The second-order valence-electron chi connectivity index (χ2n) is 3.78. The average molecular weight is 312 g/mol. The smallest absolute Gasteiger partial charge is 0.0639 e. The summed E-state index contributed by atoms with van der Waals surface area (Å²) in [5.41, 5.74) is 3.35. The molecule has 0 aliphatic heterocycles. The lowest BCUT2D eigenvalue weighted by Crippen LogP contribution is -2.01. The molecule has 0 fully saturated rings. The van der Waals surface area contributed by atoms with Crippen LogP contribution >= 0.6 is 27.5 Å². The number of hydrogen-bond donors (Lipinski definition) is 1. The lowest BCUT2D eigenvalue weighted by Gasteiger charge is -2.10. The second-order valence-corrected chi connectivity index (χ2v) is 5.10. The molecule has 88 valence electrons. The summed E-state index contributed by atoms with van der Waals surface area (Å²) in [4.78, 5) is 3.96. The van der Waals surface area contributed by atoms with E-state index in [1.165, 1.54) is 5.56 Å². The molecule has 0 amide bonds. The van der Waals surface area contributed by atoms with Crippen molar-refractivity contribution in [3.63, 3.8) is 0 Å². The molecule has 4 heteroatoms. The number of anilines is 1. The van der Waals surface area contributed by atoms with Crippen molar-refractivity contribution in [1.82, 2.24) is 4.98 Å². The fourth-order valence-electron chi connectivity index (χ4n) is 1.52. The zero-order valence-electron chi connectivity index (χ0n) is 9.37. The van der Waals surface area contributed by atoms with Crippen LogP contribution in [0.2, 0.25) is 5.02 Å². The van der Waals surface area contributed by atoms with Crippen molar-refractivity contribution in [1.29, 1.82) is 0 Å². The molecule has 1 aromatic heterocycles. The second kappa shape index (κ2) is 5.52. The summed E-state index contributed by atoms with van der Waals surface area (Å²) in [7, 11) is 0. The SMILES string of the molecule is Cc1ccc(Br)cc1NCc1ccncc1Cl. The molecule has 0 saturated heterocycles. The first-order valence-electron chi connectivity index (χ1n) is 5.25. The number of rotatable bonds is 3. The molecular formula is C13H12BrClN2. The Bertz CT molecular complexity index is 529. The van der Waals surface area contributed by atoms with Gasteiger partial charge in [0, 0.05) is 29.1 Å². The van der Waals surface area contributed by atoms with Gasteiger partial charge >= 0.3 is 0 Å². The molecule has 0 unspecified atom stereocenters. The Morgan fingerprint density at radius 3 is 2.94 bits per heavy atom. The molecule has 1 aromatic carbocycles. The number of aromatic nitrogens is 1. The first kappa shape index (κ1) is 12.4. The first-order valence-corrected chi connectivity index (χ1v) is 6.42. The van der Waals surface area contributed by atoms with E-state index in [-0.39, 0.29) is 0 Å². The normalized spacial score (nSPS) is 10.3. The molecule has 0 bridgehead atoms. The molecule has 0 aliphatic carbocycles. The molecule has 1 N–H and O–H groups in total. The maximum atomic E-state index is 6.05. The number of benzene rings is 1. The highest BCUT2D eigenvalue weighted by molar-refractivity contribution is 9.10. The molecule has 0 spiro atoms. The third-order valence-electron chi connectivity index (χ3n) is 2.53. The minimum absolute atomic E-state index is 0.688. The van der Waals surface area contributed by atoms with Crippen molar-refractivity contribution in [3.8, 4) is 0 Å². The van der Waals surface area contributed by atoms with Crippen molar-refractivity contribution >= 4 is 33.2 Å². The van der Waals surface area contributed by atoms with Gasteiger partial charge in [0.25, 0.3) is 0 Å². The Hall–Kier alpha value is -1.06. The Morgan fingerprint density at radius 1 is 1.35 bits per heavy atom. The third kappa shape index (κ3) is 3.20. The van der Waals surface area contributed by atoms with E-state index in [1.807, 2.05) is 12.1 Å². The largest absolute Gasteiger partial charge is 0.381 e. The molecule has 1 heterocycles. The van der Waals surface area contributed by atoms with E-state index >= 15 is 0 Å². The van der Waals surface area contributed by atoms with E-state index in [0.717, 1.165) is 15.7 Å². The summed E-state index contributed by atoms with van der Waals surface area (Å²) < 4.78 is 1.06. The Balaban J connectivity index is 2.12. The molecule has 0 saturated carbocycles. The van der Waals surface area contributed by atoms with Gasteiger partial charge in [0.05, 0.1) is 5.02 Å². The van der Waals surface area contributed by atoms with Crippen LogP contribution < -0.4 is 5.32 Å². The summed E-state index contributed by atoms with van der Waals surface area (Å²) in [6.45, 7) is 2.77. The van der Waals surface area contributed by atoms with Gasteiger partial charge < -0.3 is 5.32 Å². The summed E-state index contributed by atoms with van der Waals surface area (Å²) in [6, 6.07) is 8.08. The maximum absolute atomic E-state index is 6.05. The van der Waals surface area contributed by atoms with E-state index in [4.69, 9.17) is 11.6 Å². The molecule has 0 radical (unpaired) electrons. The molecule has 0 aliphatic rings. The average Bonchev–Trinajstić information content (AvgIpc) is 2.32. The highest BCUT2D eigenvalue weighted by Gasteiger charge is 2.02. The Morgan fingerprint density at radius 2 is 2.18 bits per heavy atom. The number of nitrogens with zero attached hydrogens (tertiary/aromatic N) is 1. The van der Waals surface area contributed by atoms with Crippen LogP contribution in [0.1, 0.15) is 11.1 Å². The zero-order chi connectivity index (χ0) is 12.3. The van der Waals surface area contributed by atoms with E-state index in [0.29, 0.717) is 11.6 Å². The summed E-state index contributed by atoms with van der Waals surface area (Å²) in [5, 5.41) is 4.06. The standard InChI is InChI=1S/C13H12BrClN2/c1-9-2-3-11(14)6-13(9)17-7-10-4-5-16-8-12(10)15/h2-6,8,17H,7H2,1H3. The lowest BCUT2D eigenvalue weighted by molar-refractivity contribution is 1.12. The fourth-order valence-corrected chi connectivity index (χ4v) is 2.07. The van der Waals surface area contributed by atoms with Crippen LogP contribution in [0.5, 0.6) is 0 Å². The number of pyridine rings is 1. The minimum atomic E-state index is 0.688. The van der Waals surface area contributed by atoms with Crippen LogP contribution in [0.25, 0.3) is 0 Å². The quantitative estimate of drug-likeness (QED) is 0.907. The maximum Gasteiger partial charge on any atom is 0.0639 e. The van der Waals surface area contributed by atoms with Gasteiger partial charge in [-0.3, -0.25) is 4.98 Å². The third-order valence-corrected chi connectivity index (χ3v) is 3.36. The Kier molecular flexibility index (Phi) is 4.02. The predicted octanol–water partition coefficient (Wildman–Crippen LogP) is 4.42. The van der Waals surface area contributed by atoms with E-state index in [1.54, 1.807) is 12.4 Å². The highest BCUT2D eigenvalue weighted by Crippen LogP contribution is 2.22. The van der Waals surface area contributed by atoms with Crippen molar-refractivity contribution in [2.45, 2.75) is 13.5 Å². The summed E-state index contributed by atoms with van der Waals surface area (Å²) >= 11 is 9.51. The van der Waals surface area contributed by atoms with Gasteiger partial charge in [-0.15, -0.1) is 0 Å². The Labute approximate surface area is 114 Å². The number of halogens is 2. The van der Waals surface area contributed by atoms with Crippen LogP contribution in [0.3, 0.4) is 0 Å². The van der Waals surface area contributed by atoms with E-state index in [9.17, 15) is 0 Å². The topological polar surface area (TPSA) is 24.9 Å². The van der Waals surface area contributed by atoms with Crippen LogP contribution in [0.15, 0.2) is 41.1 Å². The number of aryl methyl sites for hydroxylation is 1. The van der Waals surface area contributed by atoms with Crippen molar-refractivity contribution in [3.05, 3.63) is 57.3 Å². The van der Waals surface area contributed by atoms with Crippen molar-refractivity contribution in [2.24, 2.45) is 0 Å². The number of hydrogen-bond acceptors (Lipinski definition) is 2. The van der Waals surface area contributed by atoms with Crippen LogP contribution in [-0.2, 0) is 6.54 Å². The van der Waals surface area contributed by atoms with Gasteiger partial charge in [0.2, 0.25) is 0 Å². The van der Waals surface area contributed by atoms with E-state index in [2.05, 4.69) is 45.3 Å². The molecule has 2 rings (SSSR count). The number of nitrogens with one attached hydrogen (secondary N) is 1. The van der Waals surface area contributed by atoms with Crippen molar-refractivity contribution < 1.29 is 0 Å². The molecular weight excluding hydrogens is 300 g/mol. The van der Waals surface area contributed by atoms with Gasteiger partial charge in [-0.2, -0.15) is 0 Å². The van der Waals surface area contributed by atoms with Gasteiger partial charge in [0.1, 0.15) is 0 Å². The van der Waals surface area contributed by atoms with Gasteiger partial charge in [-0.1, -0.05) is 33.6 Å². The van der Waals surface area contributed by atoms with Gasteiger partial charge in [-0.25, -0.2) is 0 Å². The predicted molar refractivity (Wildman–Crippen MR) is 75.5 cm³/mol. The van der Waals surface area contributed by atoms with Crippen LogP contribution in [0, 0.1) is 6.92 Å². The van der Waals surface area contributed by atoms with Crippen molar-refractivity contribution in [2.75, 3.05) is 5.32 Å². The zero-order valence-corrected chi connectivity index (χ0v) is 11.7. The monoisotopic (exact) mass is 310 g/mol. The van der Waals surface area contributed by atoms with Crippen LogP contribution in [0.4, 0.5) is 5.69 Å². The molecule has 17 heavy (non-hydrogen) atoms. The van der Waals surface area contributed by atoms with Crippen LogP contribution in [-0.4, -0.2) is 4.98 Å². The minimum Gasteiger partial charge on any atom is -0.381 e. The van der Waals surface area contributed by atoms with E-state index < -0.39 is 0 Å². The lowest BCUT2D eigenvalue weighted by atomic mass is 10.2. The molecule has 2 nitrogen and oxygen atoms in total. The molecule has 0 atom stereocenters. The van der Waals surface area contributed by atoms with Gasteiger partial charge in [0.15, 0.2) is 0 Å². The van der Waals surface area contributed by atoms with Gasteiger partial charge in [-0.05, 0) is 36.2 Å².